The van der Waals surface area contributed by atoms with Gasteiger partial charge in [0.05, 0.1) is 6.10 Å². The van der Waals surface area contributed by atoms with E-state index in [1.165, 1.54) is 37.7 Å². The summed E-state index contributed by atoms with van der Waals surface area (Å²) < 4.78 is 0. The van der Waals surface area contributed by atoms with E-state index in [1.807, 2.05) is 0 Å². The molecule has 0 unspecified atom stereocenters. The Hall–Kier alpha value is -0.640. The van der Waals surface area contributed by atoms with Crippen molar-refractivity contribution in [2.75, 3.05) is 0 Å². The van der Waals surface area contributed by atoms with Crippen molar-refractivity contribution in [3.8, 4) is 0 Å². The zero-order chi connectivity index (χ0) is 22.2. The molecule has 0 radical (unpaired) electrons. The number of allylic oxidation sites excluding steroid dienone is 1. The highest BCUT2D eigenvalue weighted by Gasteiger charge is 2.74. The molecule has 2 spiro atoms. The van der Waals surface area contributed by atoms with Crippen LogP contribution in [0.25, 0.3) is 0 Å². The Kier molecular flexibility index (Phi) is 5.13. The first-order valence-corrected chi connectivity index (χ1v) is 13.0. The molecular formula is C28H44O3. The van der Waals surface area contributed by atoms with Crippen LogP contribution in [-0.2, 0) is 9.78 Å². The van der Waals surface area contributed by atoms with Crippen molar-refractivity contribution in [3.63, 3.8) is 0 Å². The summed E-state index contributed by atoms with van der Waals surface area (Å²) in [5.41, 5.74) is 1.07. The first kappa shape index (κ1) is 22.2. The summed E-state index contributed by atoms with van der Waals surface area (Å²) in [5.74, 6) is 3.08. The smallest absolute Gasteiger partial charge is 0.130 e. The molecule has 174 valence electrons. The second-order valence-corrected chi connectivity index (χ2v) is 12.7. The topological polar surface area (TPSA) is 38.7 Å². The summed E-state index contributed by atoms with van der Waals surface area (Å²) in [5, 5.41) is 10.4. The Balaban J connectivity index is 1.42. The summed E-state index contributed by atoms with van der Waals surface area (Å²) in [6, 6.07) is 0. The minimum Gasteiger partial charge on any atom is -0.393 e. The fraction of sp³-hybridized carbons (Fsp3) is 0.857. The van der Waals surface area contributed by atoms with Gasteiger partial charge in [-0.25, -0.2) is 9.78 Å². The molecule has 0 aromatic rings. The van der Waals surface area contributed by atoms with Gasteiger partial charge in [-0.3, -0.25) is 0 Å². The van der Waals surface area contributed by atoms with Crippen molar-refractivity contribution < 1.29 is 14.9 Å². The highest BCUT2D eigenvalue weighted by molar-refractivity contribution is 5.33. The van der Waals surface area contributed by atoms with Gasteiger partial charge in [-0.1, -0.05) is 52.8 Å². The second-order valence-electron chi connectivity index (χ2n) is 12.7. The van der Waals surface area contributed by atoms with E-state index < -0.39 is 5.60 Å². The molecule has 1 saturated heterocycles. The summed E-state index contributed by atoms with van der Waals surface area (Å²) in [6.07, 6.45) is 14.5. The molecule has 9 atom stereocenters. The third kappa shape index (κ3) is 2.88. The molecule has 31 heavy (non-hydrogen) atoms. The molecule has 1 N–H and O–H groups in total. The summed E-state index contributed by atoms with van der Waals surface area (Å²) >= 11 is 0. The van der Waals surface area contributed by atoms with Crippen molar-refractivity contribution in [1.82, 2.24) is 0 Å². The monoisotopic (exact) mass is 428 g/mol. The molecule has 3 saturated carbocycles. The third-order valence-corrected chi connectivity index (χ3v) is 11.1. The number of rotatable bonds is 5. The molecular weight excluding hydrogens is 384 g/mol. The average Bonchev–Trinajstić information content (AvgIpc) is 3.09. The van der Waals surface area contributed by atoms with Crippen LogP contribution < -0.4 is 0 Å². The Morgan fingerprint density at radius 1 is 1.03 bits per heavy atom. The maximum absolute atomic E-state index is 10.4. The van der Waals surface area contributed by atoms with Crippen molar-refractivity contribution in [3.05, 3.63) is 24.3 Å². The molecule has 6 rings (SSSR count). The highest BCUT2D eigenvalue weighted by atomic mass is 17.2. The summed E-state index contributed by atoms with van der Waals surface area (Å²) in [4.78, 5) is 12.8. The molecule has 4 aliphatic carbocycles. The van der Waals surface area contributed by atoms with Crippen molar-refractivity contribution in [2.24, 2.45) is 40.4 Å². The van der Waals surface area contributed by atoms with Crippen LogP contribution in [0, 0.1) is 40.4 Å². The predicted octanol–water partition coefficient (Wildman–Crippen LogP) is 6.62. The molecule has 0 aromatic heterocycles. The molecule has 0 amide bonds. The van der Waals surface area contributed by atoms with Crippen molar-refractivity contribution in [2.45, 2.75) is 110 Å². The van der Waals surface area contributed by atoms with E-state index in [1.54, 1.807) is 0 Å². The number of fused-ring (bicyclic) bond motifs is 2. The predicted molar refractivity (Wildman–Crippen MR) is 124 cm³/mol. The maximum Gasteiger partial charge on any atom is 0.130 e. The van der Waals surface area contributed by atoms with Crippen LogP contribution in [0.2, 0.25) is 0 Å². The average molecular weight is 429 g/mol. The SMILES string of the molecule is C=C(CC[C@@H](C)[C@H]1CC[C@@H]2[C@]1(C)CC[C@H]1[C@]23C=C[C@]2(C[C@@H](O)CC[C@]12C)OO3)C(C)C. The first-order valence-electron chi connectivity index (χ1n) is 13.0. The van der Waals surface area contributed by atoms with Crippen LogP contribution in [-0.4, -0.2) is 22.4 Å². The number of aliphatic hydroxyl groups excluding tert-OH is 1. The molecule has 2 aliphatic heterocycles. The number of aliphatic hydroxyl groups is 1. The van der Waals surface area contributed by atoms with Crippen LogP contribution in [0.5, 0.6) is 0 Å². The largest absolute Gasteiger partial charge is 0.393 e. The minimum atomic E-state index is -0.437. The van der Waals surface area contributed by atoms with Gasteiger partial charge in [0.2, 0.25) is 0 Å². The van der Waals surface area contributed by atoms with E-state index in [2.05, 4.69) is 53.3 Å². The van der Waals surface area contributed by atoms with E-state index in [9.17, 15) is 5.11 Å². The number of hydrogen-bond acceptors (Lipinski definition) is 3. The fourth-order valence-corrected chi connectivity index (χ4v) is 8.98. The van der Waals surface area contributed by atoms with Gasteiger partial charge in [0.15, 0.2) is 0 Å². The maximum atomic E-state index is 10.4. The molecule has 4 fully saturated rings. The molecule has 3 heteroatoms. The zero-order valence-corrected chi connectivity index (χ0v) is 20.5. The van der Waals surface area contributed by atoms with Crippen LogP contribution in [0.15, 0.2) is 24.3 Å². The van der Waals surface area contributed by atoms with Gasteiger partial charge in [-0.05, 0) is 80.6 Å². The molecule has 2 bridgehead atoms. The number of hydrogen-bond donors (Lipinski definition) is 1. The summed E-state index contributed by atoms with van der Waals surface area (Å²) in [6.45, 7) is 16.3. The lowest BCUT2D eigenvalue weighted by Gasteiger charge is -2.69. The quantitative estimate of drug-likeness (QED) is 0.395. The van der Waals surface area contributed by atoms with Crippen LogP contribution in [0.3, 0.4) is 0 Å². The van der Waals surface area contributed by atoms with Gasteiger partial charge in [0, 0.05) is 23.7 Å². The lowest BCUT2D eigenvalue weighted by atomic mass is 9.42. The van der Waals surface area contributed by atoms with Crippen molar-refractivity contribution >= 4 is 0 Å². The van der Waals surface area contributed by atoms with E-state index in [0.29, 0.717) is 29.6 Å². The van der Waals surface area contributed by atoms with Crippen LogP contribution >= 0.6 is 0 Å². The summed E-state index contributed by atoms with van der Waals surface area (Å²) in [7, 11) is 0. The standard InChI is InChI=1S/C28H44O3/c1-18(2)19(3)7-8-20(4)22-9-10-23-25(22,5)13-12-24-26(6)14-11-21(29)17-27(26)15-16-28(23,24)31-30-27/h15-16,18,20-24,29H,3,7-14,17H2,1-2,4-6H3/t20-,21+,22-,23-,24-,25-,26-,27-,28+/m1/s1. The fourth-order valence-electron chi connectivity index (χ4n) is 8.98. The van der Waals surface area contributed by atoms with Crippen LogP contribution in [0.4, 0.5) is 0 Å². The van der Waals surface area contributed by atoms with Gasteiger partial charge in [0.25, 0.3) is 0 Å². The molecule has 0 aromatic carbocycles. The Morgan fingerprint density at radius 3 is 2.48 bits per heavy atom. The normalized spacial score (nSPS) is 51.3. The lowest BCUT2D eigenvalue weighted by molar-refractivity contribution is -0.497. The highest BCUT2D eigenvalue weighted by Crippen LogP contribution is 2.72. The Bertz CT molecular complexity index is 772. The lowest BCUT2D eigenvalue weighted by Crippen LogP contribution is -2.73. The first-order chi connectivity index (χ1) is 14.6. The Labute approximate surface area is 189 Å². The molecule has 6 aliphatic rings. The van der Waals surface area contributed by atoms with Gasteiger partial charge >= 0.3 is 0 Å². The van der Waals surface area contributed by atoms with Gasteiger partial charge < -0.3 is 5.11 Å². The Morgan fingerprint density at radius 2 is 1.81 bits per heavy atom. The van der Waals surface area contributed by atoms with Crippen LogP contribution in [0.1, 0.15) is 92.4 Å². The van der Waals surface area contributed by atoms with Gasteiger partial charge in [0.1, 0.15) is 11.2 Å². The van der Waals surface area contributed by atoms with E-state index in [-0.39, 0.29) is 17.1 Å². The van der Waals surface area contributed by atoms with Gasteiger partial charge in [-0.2, -0.15) is 0 Å². The van der Waals surface area contributed by atoms with Gasteiger partial charge in [-0.15, -0.1) is 0 Å². The van der Waals surface area contributed by atoms with E-state index >= 15 is 0 Å². The minimum absolute atomic E-state index is 0.0687. The second kappa shape index (κ2) is 7.18. The molecule has 3 nitrogen and oxygen atoms in total. The van der Waals surface area contributed by atoms with E-state index in [0.717, 1.165) is 31.1 Å². The van der Waals surface area contributed by atoms with E-state index in [4.69, 9.17) is 9.78 Å². The zero-order valence-electron chi connectivity index (χ0n) is 20.5. The third-order valence-electron chi connectivity index (χ3n) is 11.1. The molecule has 2 heterocycles. The van der Waals surface area contributed by atoms with Crippen molar-refractivity contribution in [1.29, 1.82) is 0 Å².